The van der Waals surface area contributed by atoms with Crippen LogP contribution in [0.25, 0.3) is 5.76 Å². The van der Waals surface area contributed by atoms with Crippen molar-refractivity contribution >= 4 is 17.4 Å². The van der Waals surface area contributed by atoms with E-state index in [1.165, 1.54) is 23.1 Å². The number of aliphatic hydroxyl groups excluding tert-OH is 1. The predicted octanol–water partition coefficient (Wildman–Crippen LogP) is 4.17. The maximum Gasteiger partial charge on any atom is 0.295 e. The number of likely N-dealkylation sites (tertiary alicyclic amines) is 1. The zero-order chi connectivity index (χ0) is 23.1. The number of fused-ring (bicyclic) bond motifs is 1. The number of rotatable bonds is 4. The van der Waals surface area contributed by atoms with Gasteiger partial charge in [0, 0.05) is 36.5 Å². The average molecular weight is 444 g/mol. The fourth-order valence-corrected chi connectivity index (χ4v) is 4.47. The van der Waals surface area contributed by atoms with Crippen molar-refractivity contribution in [3.63, 3.8) is 0 Å². The number of ether oxygens (including phenoxy) is 1. The van der Waals surface area contributed by atoms with Gasteiger partial charge in [-0.2, -0.15) is 0 Å². The van der Waals surface area contributed by atoms with Gasteiger partial charge in [-0.05, 0) is 54.4 Å². The topological polar surface area (TPSA) is 79.7 Å². The molecule has 2 aliphatic rings. The van der Waals surface area contributed by atoms with Crippen LogP contribution < -0.4 is 4.74 Å². The number of carbonyl (C=O) groups excluding carboxylic acids is 2. The van der Waals surface area contributed by atoms with E-state index in [0.717, 1.165) is 16.9 Å². The Morgan fingerprint density at radius 3 is 2.67 bits per heavy atom. The molecule has 166 valence electrons. The van der Waals surface area contributed by atoms with E-state index in [0.29, 0.717) is 12.0 Å². The number of benzene rings is 2. The van der Waals surface area contributed by atoms with Gasteiger partial charge in [-0.25, -0.2) is 4.39 Å². The van der Waals surface area contributed by atoms with Crippen molar-refractivity contribution in [3.05, 3.63) is 101 Å². The van der Waals surface area contributed by atoms with Crippen molar-refractivity contribution in [2.24, 2.45) is 0 Å². The number of amides is 1. The summed E-state index contributed by atoms with van der Waals surface area (Å²) < 4.78 is 20.6. The number of aliphatic hydroxyl groups is 1. The first kappa shape index (κ1) is 20.9. The lowest BCUT2D eigenvalue weighted by atomic mass is 9.94. The molecule has 3 aromatic rings. The van der Waals surface area contributed by atoms with Gasteiger partial charge in [-0.15, -0.1) is 0 Å². The Labute approximate surface area is 190 Å². The van der Waals surface area contributed by atoms with Crippen molar-refractivity contribution in [1.82, 2.24) is 9.88 Å². The van der Waals surface area contributed by atoms with E-state index in [2.05, 4.69) is 4.98 Å². The summed E-state index contributed by atoms with van der Waals surface area (Å²) in [7, 11) is 0. The van der Waals surface area contributed by atoms with Crippen LogP contribution in [0.5, 0.6) is 5.75 Å². The van der Waals surface area contributed by atoms with E-state index in [9.17, 15) is 19.1 Å². The molecule has 2 aliphatic heterocycles. The smallest absolute Gasteiger partial charge is 0.295 e. The molecule has 3 heterocycles. The third kappa shape index (κ3) is 3.65. The second kappa shape index (κ2) is 8.16. The number of nitrogens with zero attached hydrogens (tertiary/aromatic N) is 2. The summed E-state index contributed by atoms with van der Waals surface area (Å²) in [5.41, 5.74) is 2.03. The minimum absolute atomic E-state index is 0.0155. The number of hydrogen-bond donors (Lipinski definition) is 1. The third-order valence-electron chi connectivity index (χ3n) is 6.01. The highest BCUT2D eigenvalue weighted by Gasteiger charge is 2.47. The van der Waals surface area contributed by atoms with Crippen LogP contribution in [0, 0.1) is 5.82 Å². The highest BCUT2D eigenvalue weighted by atomic mass is 19.1. The molecule has 0 spiro atoms. The van der Waals surface area contributed by atoms with Gasteiger partial charge in [0.15, 0.2) is 0 Å². The first-order chi connectivity index (χ1) is 15.9. The molecule has 0 bridgehead atoms. The number of Topliss-reactive ketones (excluding diaryl/α,β-unsaturated/α-hetero) is 1. The molecule has 1 aromatic heterocycles. The maximum atomic E-state index is 14.9. The largest absolute Gasteiger partial charge is 0.507 e. The van der Waals surface area contributed by atoms with Gasteiger partial charge in [-0.1, -0.05) is 18.2 Å². The van der Waals surface area contributed by atoms with Crippen molar-refractivity contribution in [2.45, 2.75) is 32.0 Å². The molecule has 0 saturated carbocycles. The molecule has 0 unspecified atom stereocenters. The molecule has 2 aromatic carbocycles. The first-order valence-electron chi connectivity index (χ1n) is 10.7. The van der Waals surface area contributed by atoms with Gasteiger partial charge >= 0.3 is 0 Å². The number of aromatic nitrogens is 1. The number of halogens is 1. The normalized spacial score (nSPS) is 21.2. The highest BCUT2D eigenvalue weighted by molar-refractivity contribution is 6.46. The second-order valence-electron chi connectivity index (χ2n) is 8.26. The summed E-state index contributed by atoms with van der Waals surface area (Å²) in [5, 5.41) is 11.2. The molecule has 2 atom stereocenters. The Kier molecular flexibility index (Phi) is 5.17. The van der Waals surface area contributed by atoms with E-state index in [1.54, 1.807) is 48.8 Å². The van der Waals surface area contributed by atoms with Crippen LogP contribution in [-0.4, -0.2) is 32.8 Å². The average Bonchev–Trinajstić information content (AvgIpc) is 3.31. The monoisotopic (exact) mass is 444 g/mol. The van der Waals surface area contributed by atoms with Gasteiger partial charge in [-0.3, -0.25) is 14.6 Å². The molecule has 1 N–H and O–H groups in total. The van der Waals surface area contributed by atoms with Crippen molar-refractivity contribution in [2.75, 3.05) is 0 Å². The molecule has 7 heteroatoms. The molecular weight excluding hydrogens is 423 g/mol. The second-order valence-corrected chi connectivity index (χ2v) is 8.26. The fourth-order valence-electron chi connectivity index (χ4n) is 4.47. The van der Waals surface area contributed by atoms with Crippen LogP contribution in [0.3, 0.4) is 0 Å². The van der Waals surface area contributed by atoms with E-state index >= 15 is 0 Å². The lowest BCUT2D eigenvalue weighted by Crippen LogP contribution is -2.29. The Morgan fingerprint density at radius 2 is 1.91 bits per heavy atom. The Balaban J connectivity index is 1.65. The highest BCUT2D eigenvalue weighted by Crippen LogP contribution is 2.42. The van der Waals surface area contributed by atoms with Crippen LogP contribution in [0.1, 0.15) is 35.2 Å². The molecular formula is C26H21FN2O4. The summed E-state index contributed by atoms with van der Waals surface area (Å²) in [5.74, 6) is -1.81. The van der Waals surface area contributed by atoms with E-state index in [1.807, 2.05) is 6.92 Å². The van der Waals surface area contributed by atoms with Crippen molar-refractivity contribution in [1.29, 1.82) is 0 Å². The standard InChI is InChI=1S/C26H21FN2O4/c1-15-12-18-13-17(6-7-21(18)33-15)24(30)22-23(19-4-2-3-5-20(19)27)29(26(32)25(22)31)14-16-8-10-28-11-9-16/h2-11,13,15,23,30H,12,14H2,1H3/t15-,23+/m1/s1. The Hall–Kier alpha value is -4.00. The van der Waals surface area contributed by atoms with E-state index in [4.69, 9.17) is 4.74 Å². The summed E-state index contributed by atoms with van der Waals surface area (Å²) in [6, 6.07) is 13.5. The quantitative estimate of drug-likeness (QED) is 0.371. The van der Waals surface area contributed by atoms with E-state index in [-0.39, 0.29) is 29.5 Å². The lowest BCUT2D eigenvalue weighted by molar-refractivity contribution is -0.140. The predicted molar refractivity (Wildman–Crippen MR) is 119 cm³/mol. The summed E-state index contributed by atoms with van der Waals surface area (Å²) >= 11 is 0. The van der Waals surface area contributed by atoms with Crippen molar-refractivity contribution in [3.8, 4) is 5.75 Å². The summed E-state index contributed by atoms with van der Waals surface area (Å²) in [6.45, 7) is 2.01. The molecule has 0 radical (unpaired) electrons. The maximum absolute atomic E-state index is 14.9. The molecule has 5 rings (SSSR count). The zero-order valence-electron chi connectivity index (χ0n) is 17.9. The summed E-state index contributed by atoms with van der Waals surface area (Å²) in [4.78, 5) is 31.5. The number of hydrogen-bond acceptors (Lipinski definition) is 5. The molecule has 1 saturated heterocycles. The molecule has 33 heavy (non-hydrogen) atoms. The molecule has 6 nitrogen and oxygen atoms in total. The number of carbonyl (C=O) groups is 2. The Morgan fingerprint density at radius 1 is 1.15 bits per heavy atom. The third-order valence-corrected chi connectivity index (χ3v) is 6.01. The van der Waals surface area contributed by atoms with E-state index < -0.39 is 23.5 Å². The van der Waals surface area contributed by atoms with Gasteiger partial charge in [0.2, 0.25) is 0 Å². The van der Waals surface area contributed by atoms with Gasteiger partial charge < -0.3 is 14.7 Å². The van der Waals surface area contributed by atoms with Crippen LogP contribution in [0.4, 0.5) is 4.39 Å². The van der Waals surface area contributed by atoms with Gasteiger partial charge in [0.05, 0.1) is 11.6 Å². The number of pyridine rings is 1. The van der Waals surface area contributed by atoms with Crippen LogP contribution in [0.2, 0.25) is 0 Å². The van der Waals surface area contributed by atoms with Gasteiger partial charge in [0.25, 0.3) is 11.7 Å². The molecule has 0 aliphatic carbocycles. The van der Waals surface area contributed by atoms with Crippen LogP contribution in [0.15, 0.2) is 72.6 Å². The fraction of sp³-hybridized carbons (Fsp3) is 0.192. The van der Waals surface area contributed by atoms with Crippen LogP contribution >= 0.6 is 0 Å². The SMILES string of the molecule is C[C@@H]1Cc2cc(C(O)=C3C(=O)C(=O)N(Cc4ccncc4)[C@H]3c3ccccc3F)ccc2O1. The Bertz CT molecular complexity index is 1290. The van der Waals surface area contributed by atoms with Crippen LogP contribution in [-0.2, 0) is 22.6 Å². The zero-order valence-corrected chi connectivity index (χ0v) is 17.9. The number of ketones is 1. The molecule has 1 amide bonds. The minimum atomic E-state index is -1.07. The lowest BCUT2D eigenvalue weighted by Gasteiger charge is -2.25. The summed E-state index contributed by atoms with van der Waals surface area (Å²) in [6.07, 6.45) is 3.85. The van der Waals surface area contributed by atoms with Gasteiger partial charge in [0.1, 0.15) is 23.4 Å². The minimum Gasteiger partial charge on any atom is -0.507 e. The van der Waals surface area contributed by atoms with Crippen molar-refractivity contribution < 1.29 is 23.8 Å². The molecule has 1 fully saturated rings. The first-order valence-corrected chi connectivity index (χ1v) is 10.7.